The summed E-state index contributed by atoms with van der Waals surface area (Å²) in [5, 5.41) is 0. The van der Waals surface area contributed by atoms with Gasteiger partial charge in [0.05, 0.1) is 0 Å². The minimum absolute atomic E-state index is 0.0664. The van der Waals surface area contributed by atoms with Crippen molar-refractivity contribution in [1.82, 2.24) is 0 Å². The molecule has 442 valence electrons. The van der Waals surface area contributed by atoms with E-state index in [4.69, 9.17) is 14.2 Å². The predicted molar refractivity (Wildman–Crippen MR) is 326 cm³/mol. The van der Waals surface area contributed by atoms with Gasteiger partial charge in [0.2, 0.25) is 0 Å². The summed E-state index contributed by atoms with van der Waals surface area (Å²) in [6.45, 7) is 6.68. The summed E-state index contributed by atoms with van der Waals surface area (Å²) in [6, 6.07) is 0. The first-order chi connectivity index (χ1) is 37.0. The number of unbranched alkanes of at least 4 members (excludes halogenated alkanes) is 48. The third-order valence-electron chi connectivity index (χ3n) is 15.4. The number of carbonyl (C=O) groups is 3. The Kier molecular flexibility index (Phi) is 62.6. The van der Waals surface area contributed by atoms with Crippen molar-refractivity contribution in [1.29, 1.82) is 0 Å². The molecule has 0 bridgehead atoms. The van der Waals surface area contributed by atoms with Crippen LogP contribution in [0.4, 0.5) is 0 Å². The van der Waals surface area contributed by atoms with Crippen molar-refractivity contribution in [2.75, 3.05) is 13.2 Å². The summed E-state index contributed by atoms with van der Waals surface area (Å²) < 4.78 is 16.9. The van der Waals surface area contributed by atoms with Gasteiger partial charge in [0.1, 0.15) is 13.2 Å². The van der Waals surface area contributed by atoms with Gasteiger partial charge >= 0.3 is 17.9 Å². The maximum atomic E-state index is 12.9. The van der Waals surface area contributed by atoms with Crippen LogP contribution in [0.2, 0.25) is 0 Å². The molecule has 0 aromatic rings. The molecule has 0 aliphatic rings. The molecule has 0 fully saturated rings. The summed E-state index contributed by atoms with van der Waals surface area (Å²) in [6.07, 6.45) is 77.9. The zero-order chi connectivity index (χ0) is 54.3. The number of hydrogen-bond acceptors (Lipinski definition) is 6. The third-order valence-corrected chi connectivity index (χ3v) is 15.4. The molecule has 0 radical (unpaired) electrons. The van der Waals surface area contributed by atoms with E-state index >= 15 is 0 Å². The fourth-order valence-electron chi connectivity index (χ4n) is 10.3. The van der Waals surface area contributed by atoms with E-state index in [1.165, 1.54) is 283 Å². The number of hydrogen-bond donors (Lipinski definition) is 0. The van der Waals surface area contributed by atoms with Gasteiger partial charge in [0, 0.05) is 19.3 Å². The lowest BCUT2D eigenvalue weighted by molar-refractivity contribution is -0.167. The molecule has 0 rings (SSSR count). The van der Waals surface area contributed by atoms with E-state index in [0.717, 1.165) is 57.8 Å². The molecule has 0 saturated carbocycles. The number of carbonyl (C=O) groups excluding carboxylic acids is 3. The van der Waals surface area contributed by atoms with Crippen molar-refractivity contribution in [2.45, 2.75) is 386 Å². The monoisotopic (exact) mass is 1050 g/mol. The lowest BCUT2D eigenvalue weighted by Crippen LogP contribution is -2.30. The van der Waals surface area contributed by atoms with Crippen LogP contribution in [0.25, 0.3) is 0 Å². The Morgan fingerprint density at radius 2 is 0.440 bits per heavy atom. The molecular formula is C69H130O6. The summed E-state index contributed by atoms with van der Waals surface area (Å²) in [4.78, 5) is 38.2. The Morgan fingerprint density at radius 1 is 0.253 bits per heavy atom. The quantitative estimate of drug-likeness (QED) is 0.0261. The smallest absolute Gasteiger partial charge is 0.306 e. The fourth-order valence-corrected chi connectivity index (χ4v) is 10.3. The molecule has 0 heterocycles. The maximum Gasteiger partial charge on any atom is 0.306 e. The number of allylic oxidation sites excluding steroid dienone is 4. The first-order valence-electron chi connectivity index (χ1n) is 33.8. The predicted octanol–water partition coefficient (Wildman–Crippen LogP) is 23.0. The zero-order valence-corrected chi connectivity index (χ0v) is 50.8. The lowest BCUT2D eigenvalue weighted by Gasteiger charge is -2.18. The molecular weight excluding hydrogens is 925 g/mol. The standard InChI is InChI=1S/C69H130O6/c1-4-7-10-13-16-19-21-23-25-27-29-30-31-32-33-34-35-36-37-38-40-41-43-45-47-50-53-56-59-62-68(71)74-65-66(64-73-67(70)61-58-55-52-49-18-15-12-9-6-3)75-69(72)63-60-57-54-51-48-46-44-42-39-28-26-24-22-20-17-14-11-8-5-2/h24,26-27,29,66H,4-23,25,28,30-65H2,1-3H3/b26-24-,29-27-. The van der Waals surface area contributed by atoms with Gasteiger partial charge in [0.25, 0.3) is 0 Å². The van der Waals surface area contributed by atoms with E-state index in [1.807, 2.05) is 0 Å². The van der Waals surface area contributed by atoms with Gasteiger partial charge in [-0.05, 0) is 70.6 Å². The summed E-state index contributed by atoms with van der Waals surface area (Å²) >= 11 is 0. The first kappa shape index (κ1) is 72.9. The van der Waals surface area contributed by atoms with E-state index < -0.39 is 6.10 Å². The largest absolute Gasteiger partial charge is 0.462 e. The van der Waals surface area contributed by atoms with Crippen LogP contribution >= 0.6 is 0 Å². The molecule has 0 saturated heterocycles. The first-order valence-corrected chi connectivity index (χ1v) is 33.8. The zero-order valence-electron chi connectivity index (χ0n) is 50.8. The highest BCUT2D eigenvalue weighted by molar-refractivity contribution is 5.71. The highest BCUT2D eigenvalue weighted by Gasteiger charge is 2.19. The van der Waals surface area contributed by atoms with E-state index in [-0.39, 0.29) is 31.1 Å². The Hall–Kier alpha value is -2.11. The lowest BCUT2D eigenvalue weighted by atomic mass is 10.0. The van der Waals surface area contributed by atoms with Crippen LogP contribution < -0.4 is 0 Å². The van der Waals surface area contributed by atoms with Gasteiger partial charge in [-0.3, -0.25) is 14.4 Å². The summed E-state index contributed by atoms with van der Waals surface area (Å²) in [5.74, 6) is -0.845. The van der Waals surface area contributed by atoms with Crippen LogP contribution in [0.15, 0.2) is 24.3 Å². The van der Waals surface area contributed by atoms with Crippen molar-refractivity contribution in [2.24, 2.45) is 0 Å². The highest BCUT2D eigenvalue weighted by atomic mass is 16.6. The molecule has 6 nitrogen and oxygen atoms in total. The van der Waals surface area contributed by atoms with Crippen LogP contribution in [0.3, 0.4) is 0 Å². The molecule has 0 aliphatic carbocycles. The Bertz CT molecular complexity index is 1210. The van der Waals surface area contributed by atoms with Crippen molar-refractivity contribution >= 4 is 17.9 Å². The number of rotatable bonds is 63. The number of ether oxygens (including phenoxy) is 3. The minimum atomic E-state index is -0.768. The van der Waals surface area contributed by atoms with Crippen molar-refractivity contribution < 1.29 is 28.6 Å². The van der Waals surface area contributed by atoms with Gasteiger partial charge in [-0.15, -0.1) is 0 Å². The van der Waals surface area contributed by atoms with Gasteiger partial charge in [-0.1, -0.05) is 315 Å². The molecule has 1 atom stereocenters. The van der Waals surface area contributed by atoms with Crippen LogP contribution in [0.5, 0.6) is 0 Å². The van der Waals surface area contributed by atoms with Crippen LogP contribution in [0, 0.1) is 0 Å². The van der Waals surface area contributed by atoms with Crippen LogP contribution in [-0.4, -0.2) is 37.2 Å². The Labute approximate surface area is 468 Å². The van der Waals surface area contributed by atoms with E-state index in [1.54, 1.807) is 0 Å². The summed E-state index contributed by atoms with van der Waals surface area (Å²) in [5.41, 5.74) is 0. The fraction of sp³-hybridized carbons (Fsp3) is 0.899. The highest BCUT2D eigenvalue weighted by Crippen LogP contribution is 2.18. The third kappa shape index (κ3) is 62.6. The molecule has 0 aromatic carbocycles. The molecule has 0 N–H and O–H groups in total. The number of esters is 3. The van der Waals surface area contributed by atoms with Crippen molar-refractivity contribution in [3.63, 3.8) is 0 Å². The van der Waals surface area contributed by atoms with Crippen molar-refractivity contribution in [3.05, 3.63) is 24.3 Å². The van der Waals surface area contributed by atoms with Gasteiger partial charge in [0.15, 0.2) is 6.10 Å². The summed E-state index contributed by atoms with van der Waals surface area (Å²) in [7, 11) is 0. The molecule has 0 aromatic heterocycles. The second-order valence-electron chi connectivity index (χ2n) is 23.1. The molecule has 1 unspecified atom stereocenters. The molecule has 75 heavy (non-hydrogen) atoms. The Morgan fingerprint density at radius 3 is 0.667 bits per heavy atom. The van der Waals surface area contributed by atoms with Gasteiger partial charge in [-0.25, -0.2) is 0 Å². The van der Waals surface area contributed by atoms with E-state index in [0.29, 0.717) is 19.3 Å². The maximum absolute atomic E-state index is 12.9. The van der Waals surface area contributed by atoms with Crippen LogP contribution in [0.1, 0.15) is 380 Å². The molecule has 0 spiro atoms. The average Bonchev–Trinajstić information content (AvgIpc) is 3.41. The average molecular weight is 1060 g/mol. The van der Waals surface area contributed by atoms with Gasteiger partial charge in [-0.2, -0.15) is 0 Å². The van der Waals surface area contributed by atoms with E-state index in [2.05, 4.69) is 45.1 Å². The molecule has 6 heteroatoms. The topological polar surface area (TPSA) is 78.9 Å². The van der Waals surface area contributed by atoms with Gasteiger partial charge < -0.3 is 14.2 Å². The van der Waals surface area contributed by atoms with E-state index in [9.17, 15) is 14.4 Å². The van der Waals surface area contributed by atoms with Crippen LogP contribution in [-0.2, 0) is 28.6 Å². The normalized spacial score (nSPS) is 12.1. The molecule has 0 amide bonds. The second-order valence-corrected chi connectivity index (χ2v) is 23.1. The molecule has 0 aliphatic heterocycles. The minimum Gasteiger partial charge on any atom is -0.462 e. The Balaban J connectivity index is 4.08. The van der Waals surface area contributed by atoms with Crippen molar-refractivity contribution in [3.8, 4) is 0 Å². The SMILES string of the molecule is CCCCCCCC/C=C\CCCCCCCCCCCC(=O)OC(COC(=O)CCCCCCCCCCC)COC(=O)CCCCCCCCCCCCCCCCCCC/C=C\CCCCCCCCCC. The second kappa shape index (κ2) is 64.4.